The molecule has 0 bridgehead atoms. The van der Waals surface area contributed by atoms with E-state index < -0.39 is 0 Å². The van der Waals surface area contributed by atoms with E-state index in [4.69, 9.17) is 4.74 Å². The van der Waals surface area contributed by atoms with Crippen molar-refractivity contribution < 1.29 is 4.74 Å². The molecule has 0 aliphatic heterocycles. The quantitative estimate of drug-likeness (QED) is 0.288. The maximum absolute atomic E-state index is 12.5. The number of benzene rings is 2. The van der Waals surface area contributed by atoms with Gasteiger partial charge in [0.1, 0.15) is 11.6 Å². The maximum Gasteiger partial charge on any atom is 0.258 e. The highest BCUT2D eigenvalue weighted by Gasteiger charge is 2.16. The summed E-state index contributed by atoms with van der Waals surface area (Å²) in [6.07, 6.45) is 0.654. The average molecular weight is 490 g/mol. The second-order valence-corrected chi connectivity index (χ2v) is 9.47. The van der Waals surface area contributed by atoms with Gasteiger partial charge in [-0.25, -0.2) is 4.98 Å². The highest BCUT2D eigenvalue weighted by molar-refractivity contribution is 7.98. The van der Waals surface area contributed by atoms with E-state index in [2.05, 4.69) is 31.9 Å². The van der Waals surface area contributed by atoms with Crippen LogP contribution >= 0.6 is 23.1 Å². The minimum atomic E-state index is -0.0582. The molecule has 7 nitrogen and oxygen atoms in total. The third kappa shape index (κ3) is 4.62. The van der Waals surface area contributed by atoms with Gasteiger partial charge in [-0.1, -0.05) is 42.1 Å². The molecule has 34 heavy (non-hydrogen) atoms. The number of thioether (sulfide) groups is 1. The molecule has 9 heteroatoms. The Morgan fingerprint density at radius 1 is 1.06 bits per heavy atom. The second-order valence-electron chi connectivity index (χ2n) is 7.69. The van der Waals surface area contributed by atoms with Crippen molar-refractivity contribution >= 4 is 28.1 Å². The largest absolute Gasteiger partial charge is 0.494 e. The van der Waals surface area contributed by atoms with Crippen molar-refractivity contribution in [2.24, 2.45) is 0 Å². The van der Waals surface area contributed by atoms with E-state index in [0.29, 0.717) is 23.7 Å². The molecule has 0 saturated carbocycles. The predicted octanol–water partition coefficient (Wildman–Crippen LogP) is 4.93. The number of hydrogen-bond acceptors (Lipinski definition) is 7. The van der Waals surface area contributed by atoms with Crippen LogP contribution in [0.4, 0.5) is 0 Å². The predicted molar refractivity (Wildman–Crippen MR) is 135 cm³/mol. The number of fused-ring (bicyclic) bond motifs is 1. The number of rotatable bonds is 8. The topological polar surface area (TPSA) is 74.3 Å². The first kappa shape index (κ1) is 22.4. The van der Waals surface area contributed by atoms with Crippen molar-refractivity contribution in [3.63, 3.8) is 0 Å². The normalized spacial score (nSPS) is 11.2. The van der Waals surface area contributed by atoms with Gasteiger partial charge >= 0.3 is 0 Å². The fraction of sp³-hybridized carbons (Fsp3) is 0.200. The second kappa shape index (κ2) is 9.82. The van der Waals surface area contributed by atoms with Gasteiger partial charge in [-0.3, -0.25) is 13.8 Å². The van der Waals surface area contributed by atoms with Gasteiger partial charge in [0.05, 0.1) is 12.3 Å². The number of ether oxygens (including phenoxy) is 1. The van der Waals surface area contributed by atoms with E-state index in [0.717, 1.165) is 39.4 Å². The van der Waals surface area contributed by atoms with Crippen molar-refractivity contribution in [3.05, 3.63) is 99.2 Å². The Hall–Kier alpha value is -3.43. The summed E-state index contributed by atoms with van der Waals surface area (Å²) < 4.78 is 9.30. The van der Waals surface area contributed by atoms with Gasteiger partial charge in [0.2, 0.25) is 0 Å². The molecule has 0 spiro atoms. The van der Waals surface area contributed by atoms with Crippen LogP contribution in [0, 0.1) is 6.92 Å². The number of hydrogen-bond donors (Lipinski definition) is 0. The first-order valence-corrected chi connectivity index (χ1v) is 12.8. The van der Waals surface area contributed by atoms with Crippen LogP contribution in [0.25, 0.3) is 10.6 Å². The van der Waals surface area contributed by atoms with Gasteiger partial charge in [0, 0.05) is 35.0 Å². The molecule has 0 saturated heterocycles. The lowest BCUT2D eigenvalue weighted by molar-refractivity contribution is 0.340. The monoisotopic (exact) mass is 489 g/mol. The molecule has 0 unspecified atom stereocenters. The third-order valence-corrected chi connectivity index (χ3v) is 7.20. The van der Waals surface area contributed by atoms with E-state index in [1.54, 1.807) is 10.5 Å². The minimum absolute atomic E-state index is 0.0582. The van der Waals surface area contributed by atoms with E-state index in [1.165, 1.54) is 23.1 Å². The molecular formula is C25H23N5O2S2. The summed E-state index contributed by atoms with van der Waals surface area (Å²) in [7, 11) is 0. The zero-order valence-corrected chi connectivity index (χ0v) is 20.5. The Labute approximate surface area is 205 Å². The molecule has 5 rings (SSSR count). The van der Waals surface area contributed by atoms with Crippen LogP contribution in [-0.2, 0) is 12.2 Å². The van der Waals surface area contributed by atoms with Crippen molar-refractivity contribution in [2.75, 3.05) is 6.61 Å². The summed E-state index contributed by atoms with van der Waals surface area (Å²) >= 11 is 2.99. The molecule has 0 atom stereocenters. The van der Waals surface area contributed by atoms with Gasteiger partial charge in [-0.2, -0.15) is 0 Å². The molecule has 3 aromatic heterocycles. The van der Waals surface area contributed by atoms with Gasteiger partial charge in [0.15, 0.2) is 10.1 Å². The SMILES string of the molecule is CCOc1ccc(-n2c(Cc3ccccc3)nnc2SCc2cc(=O)n3c(C)csc3n2)cc1. The fourth-order valence-corrected chi connectivity index (χ4v) is 5.47. The van der Waals surface area contributed by atoms with Gasteiger partial charge < -0.3 is 4.74 Å². The Kier molecular flexibility index (Phi) is 6.46. The molecular weight excluding hydrogens is 466 g/mol. The zero-order valence-electron chi connectivity index (χ0n) is 18.8. The van der Waals surface area contributed by atoms with Crippen LogP contribution < -0.4 is 10.3 Å². The lowest BCUT2D eigenvalue weighted by Gasteiger charge is -2.11. The summed E-state index contributed by atoms with van der Waals surface area (Å²) in [5.74, 6) is 2.18. The molecule has 172 valence electrons. The van der Waals surface area contributed by atoms with Crippen LogP contribution in [0.5, 0.6) is 5.75 Å². The Morgan fingerprint density at radius 2 is 1.85 bits per heavy atom. The molecule has 0 amide bonds. The van der Waals surface area contributed by atoms with Crippen LogP contribution in [0.15, 0.2) is 76.0 Å². The number of aryl methyl sites for hydroxylation is 1. The van der Waals surface area contributed by atoms with E-state index in [9.17, 15) is 4.79 Å². The molecule has 0 aliphatic carbocycles. The van der Waals surface area contributed by atoms with E-state index in [-0.39, 0.29) is 5.56 Å². The molecule has 0 fully saturated rings. The van der Waals surface area contributed by atoms with Crippen LogP contribution in [0.3, 0.4) is 0 Å². The lowest BCUT2D eigenvalue weighted by Crippen LogP contribution is -2.14. The molecule has 0 aliphatic rings. The minimum Gasteiger partial charge on any atom is -0.494 e. The Morgan fingerprint density at radius 3 is 2.62 bits per heavy atom. The van der Waals surface area contributed by atoms with Gasteiger partial charge in [-0.05, 0) is 43.7 Å². The first-order valence-electron chi connectivity index (χ1n) is 10.9. The highest BCUT2D eigenvalue weighted by atomic mass is 32.2. The summed E-state index contributed by atoms with van der Waals surface area (Å²) in [6, 6.07) is 19.7. The van der Waals surface area contributed by atoms with Crippen molar-refractivity contribution in [1.29, 1.82) is 0 Å². The number of thiazole rings is 1. The molecule has 5 aromatic rings. The Bertz CT molecular complexity index is 1470. The van der Waals surface area contributed by atoms with Crippen LogP contribution in [-0.4, -0.2) is 30.8 Å². The molecule has 0 radical (unpaired) electrons. The summed E-state index contributed by atoms with van der Waals surface area (Å²) in [6.45, 7) is 4.50. The smallest absolute Gasteiger partial charge is 0.258 e. The molecule has 3 heterocycles. The highest BCUT2D eigenvalue weighted by Crippen LogP contribution is 2.27. The summed E-state index contributed by atoms with van der Waals surface area (Å²) in [4.78, 5) is 17.9. The van der Waals surface area contributed by atoms with E-state index in [1.807, 2.05) is 61.7 Å². The van der Waals surface area contributed by atoms with Crippen molar-refractivity contribution in [3.8, 4) is 11.4 Å². The summed E-state index contributed by atoms with van der Waals surface area (Å²) in [5, 5.41) is 11.7. The first-order chi connectivity index (χ1) is 16.6. The zero-order chi connectivity index (χ0) is 23.5. The molecule has 0 N–H and O–H groups in total. The Balaban J connectivity index is 1.47. The van der Waals surface area contributed by atoms with E-state index >= 15 is 0 Å². The van der Waals surface area contributed by atoms with Gasteiger partial charge in [-0.15, -0.1) is 21.5 Å². The van der Waals surface area contributed by atoms with Crippen LogP contribution in [0.2, 0.25) is 0 Å². The third-order valence-electron chi connectivity index (χ3n) is 5.29. The summed E-state index contributed by atoms with van der Waals surface area (Å²) in [5.41, 5.74) is 3.68. The number of aromatic nitrogens is 5. The van der Waals surface area contributed by atoms with Crippen molar-refractivity contribution in [2.45, 2.75) is 31.2 Å². The maximum atomic E-state index is 12.5. The van der Waals surface area contributed by atoms with Gasteiger partial charge in [0.25, 0.3) is 5.56 Å². The average Bonchev–Trinajstić information content (AvgIpc) is 3.42. The van der Waals surface area contributed by atoms with Crippen molar-refractivity contribution in [1.82, 2.24) is 24.1 Å². The fourth-order valence-electron chi connectivity index (χ4n) is 3.72. The lowest BCUT2D eigenvalue weighted by atomic mass is 10.1. The molecule has 2 aromatic carbocycles. The number of nitrogens with zero attached hydrogens (tertiary/aromatic N) is 5. The van der Waals surface area contributed by atoms with Crippen LogP contribution in [0.1, 0.15) is 29.7 Å². The standard InChI is InChI=1S/C25H23N5O2S2/c1-3-32-21-11-9-20(10-12-21)30-22(13-18-7-5-4-6-8-18)27-28-25(30)34-16-19-14-23(31)29-17(2)15-33-24(29)26-19/h4-12,14-15H,3,13,16H2,1-2H3.